The molecular formula is C29H20ClF6N5O2. The molecule has 2 amide bonds. The van der Waals surface area contributed by atoms with Crippen molar-refractivity contribution in [2.24, 2.45) is 0 Å². The minimum absolute atomic E-state index is 0.0232. The molecule has 14 heteroatoms. The summed E-state index contributed by atoms with van der Waals surface area (Å²) >= 11 is 6.27. The maximum Gasteiger partial charge on any atom is 0.419 e. The molecule has 2 aromatic heterocycles. The number of alkyl halides is 3. The highest BCUT2D eigenvalue weighted by Crippen LogP contribution is 2.38. The van der Waals surface area contributed by atoms with Gasteiger partial charge >= 0.3 is 6.18 Å². The minimum Gasteiger partial charge on any atom is -0.337 e. The molecule has 4 aromatic rings. The molecule has 0 spiro atoms. The summed E-state index contributed by atoms with van der Waals surface area (Å²) in [7, 11) is 0. The summed E-state index contributed by atoms with van der Waals surface area (Å²) in [6.45, 7) is 0.314. The number of fused-ring (bicyclic) bond motifs is 1. The van der Waals surface area contributed by atoms with Crippen LogP contribution in [0.2, 0.25) is 5.15 Å². The average molecular weight is 620 g/mol. The molecule has 0 bridgehead atoms. The van der Waals surface area contributed by atoms with Crippen LogP contribution in [0.25, 0.3) is 16.9 Å². The van der Waals surface area contributed by atoms with E-state index in [4.69, 9.17) is 11.6 Å². The molecule has 2 aromatic carbocycles. The van der Waals surface area contributed by atoms with E-state index in [1.807, 2.05) is 0 Å². The lowest BCUT2D eigenvalue weighted by Crippen LogP contribution is -2.48. The van der Waals surface area contributed by atoms with E-state index in [0.717, 1.165) is 16.8 Å². The molecule has 222 valence electrons. The number of pyridine rings is 1. The minimum atomic E-state index is -4.91. The average Bonchev–Trinajstić information content (AvgIpc) is 3.56. The number of nitrogens with zero attached hydrogens (tertiary/aromatic N) is 5. The maximum absolute atomic E-state index is 14.6. The number of rotatable bonds is 4. The van der Waals surface area contributed by atoms with Gasteiger partial charge in [0.2, 0.25) is 5.91 Å². The van der Waals surface area contributed by atoms with Crippen LogP contribution >= 0.6 is 11.6 Å². The second-order valence-electron chi connectivity index (χ2n) is 10.2. The molecule has 4 heterocycles. The first kappa shape index (κ1) is 28.7. The van der Waals surface area contributed by atoms with Crippen molar-refractivity contribution in [3.8, 4) is 16.9 Å². The van der Waals surface area contributed by atoms with Crippen molar-refractivity contribution in [2.45, 2.75) is 31.5 Å². The molecular weight excluding hydrogens is 600 g/mol. The van der Waals surface area contributed by atoms with Gasteiger partial charge in [-0.15, -0.1) is 0 Å². The Balaban J connectivity index is 1.28. The predicted molar refractivity (Wildman–Crippen MR) is 143 cm³/mol. The SMILES string of the molecule is O=C(c1cc(-c2cccnc2Cl)n(-c2ccc(C(F)(F)F)c(F)c2)n1)N1CCC(N2C(=O)Cc3ccc(F)c(F)c32)CC1. The quantitative estimate of drug-likeness (QED) is 0.201. The number of carbonyl (C=O) groups is 2. The van der Waals surface area contributed by atoms with Gasteiger partial charge in [-0.25, -0.2) is 22.8 Å². The molecule has 0 N–H and O–H groups in total. The van der Waals surface area contributed by atoms with Crippen LogP contribution in [0.3, 0.4) is 0 Å². The van der Waals surface area contributed by atoms with E-state index < -0.39 is 41.1 Å². The Bertz CT molecular complexity index is 1770. The number of anilines is 1. The number of hydrogen-bond donors (Lipinski definition) is 0. The Morgan fingerprint density at radius 2 is 1.72 bits per heavy atom. The van der Waals surface area contributed by atoms with Crippen LogP contribution in [0.15, 0.2) is 54.7 Å². The molecule has 7 nitrogen and oxygen atoms in total. The molecule has 2 aliphatic rings. The summed E-state index contributed by atoms with van der Waals surface area (Å²) in [6.07, 6.45) is -2.98. The Hall–Kier alpha value is -4.39. The normalized spacial score (nSPS) is 15.7. The smallest absolute Gasteiger partial charge is 0.337 e. The zero-order chi connectivity index (χ0) is 30.6. The van der Waals surface area contributed by atoms with Crippen LogP contribution in [-0.4, -0.2) is 50.6 Å². The van der Waals surface area contributed by atoms with Gasteiger partial charge in [0.05, 0.1) is 29.1 Å². The zero-order valence-electron chi connectivity index (χ0n) is 22.0. The third-order valence-corrected chi connectivity index (χ3v) is 7.89. The second kappa shape index (κ2) is 10.7. The number of likely N-dealkylation sites (tertiary alicyclic amines) is 1. The van der Waals surface area contributed by atoms with Gasteiger partial charge in [-0.1, -0.05) is 17.7 Å². The molecule has 0 radical (unpaired) electrons. The van der Waals surface area contributed by atoms with Gasteiger partial charge < -0.3 is 9.80 Å². The Morgan fingerprint density at radius 3 is 2.40 bits per heavy atom. The summed E-state index contributed by atoms with van der Waals surface area (Å²) in [5.74, 6) is -4.55. The number of hydrogen-bond acceptors (Lipinski definition) is 4. The molecule has 0 saturated carbocycles. The van der Waals surface area contributed by atoms with Crippen LogP contribution in [0, 0.1) is 17.5 Å². The number of halogens is 7. The fraction of sp³-hybridized carbons (Fsp3) is 0.241. The first-order valence-electron chi connectivity index (χ1n) is 13.1. The predicted octanol–water partition coefficient (Wildman–Crippen LogP) is 6.22. The summed E-state index contributed by atoms with van der Waals surface area (Å²) in [5.41, 5.74) is -0.819. The van der Waals surface area contributed by atoms with E-state index in [1.54, 1.807) is 12.1 Å². The molecule has 0 aliphatic carbocycles. The topological polar surface area (TPSA) is 71.3 Å². The summed E-state index contributed by atoms with van der Waals surface area (Å²) in [6, 6.07) is 8.68. The van der Waals surface area contributed by atoms with Gasteiger partial charge in [-0.05, 0) is 54.8 Å². The van der Waals surface area contributed by atoms with Crippen LogP contribution < -0.4 is 4.90 Å². The monoisotopic (exact) mass is 619 g/mol. The van der Waals surface area contributed by atoms with E-state index in [1.165, 1.54) is 28.1 Å². The molecule has 2 aliphatic heterocycles. The van der Waals surface area contributed by atoms with Gasteiger partial charge in [-0.3, -0.25) is 9.59 Å². The van der Waals surface area contributed by atoms with E-state index in [9.17, 15) is 35.9 Å². The van der Waals surface area contributed by atoms with Gasteiger partial charge in [0.25, 0.3) is 5.91 Å². The molecule has 6 rings (SSSR count). The number of piperidine rings is 1. The van der Waals surface area contributed by atoms with Crippen molar-refractivity contribution >= 4 is 29.1 Å². The molecule has 1 saturated heterocycles. The molecule has 0 atom stereocenters. The largest absolute Gasteiger partial charge is 0.419 e. The highest BCUT2D eigenvalue weighted by molar-refractivity contribution is 6.32. The fourth-order valence-corrected chi connectivity index (χ4v) is 5.76. The number of amides is 2. The zero-order valence-corrected chi connectivity index (χ0v) is 22.8. The fourth-order valence-electron chi connectivity index (χ4n) is 5.55. The van der Waals surface area contributed by atoms with Crippen LogP contribution in [0.5, 0.6) is 0 Å². The van der Waals surface area contributed by atoms with Crippen molar-refractivity contribution in [1.29, 1.82) is 0 Å². The van der Waals surface area contributed by atoms with E-state index in [0.29, 0.717) is 23.3 Å². The van der Waals surface area contributed by atoms with E-state index in [-0.39, 0.29) is 66.2 Å². The first-order valence-corrected chi connectivity index (χ1v) is 13.5. The van der Waals surface area contributed by atoms with Crippen LogP contribution in [0.4, 0.5) is 32.0 Å². The molecule has 1 fully saturated rings. The van der Waals surface area contributed by atoms with Crippen molar-refractivity contribution in [3.05, 3.63) is 94.2 Å². The number of aromatic nitrogens is 3. The third kappa shape index (κ3) is 5.11. The summed E-state index contributed by atoms with van der Waals surface area (Å²) in [5, 5.41) is 4.32. The first-order chi connectivity index (χ1) is 20.4. The van der Waals surface area contributed by atoms with E-state index in [2.05, 4.69) is 10.1 Å². The number of benzene rings is 2. The van der Waals surface area contributed by atoms with Gasteiger partial charge in [0.15, 0.2) is 17.3 Å². The summed E-state index contributed by atoms with van der Waals surface area (Å²) < 4.78 is 83.6. The Labute approximate surface area is 245 Å². The maximum atomic E-state index is 14.6. The van der Waals surface area contributed by atoms with Gasteiger partial charge in [0.1, 0.15) is 11.0 Å². The summed E-state index contributed by atoms with van der Waals surface area (Å²) in [4.78, 5) is 33.0. The lowest BCUT2D eigenvalue weighted by Gasteiger charge is -2.36. The van der Waals surface area contributed by atoms with Crippen molar-refractivity contribution in [2.75, 3.05) is 18.0 Å². The third-order valence-electron chi connectivity index (χ3n) is 7.59. The van der Waals surface area contributed by atoms with Gasteiger partial charge in [-0.2, -0.15) is 18.3 Å². The van der Waals surface area contributed by atoms with Crippen molar-refractivity contribution in [1.82, 2.24) is 19.7 Å². The standard InChI is InChI=1S/C29H20ClF6N5O2/c30-27-18(2-1-9-37-27)23-14-22(38-41(23)17-4-5-19(21(32)13-17)29(34,35)36)28(43)39-10-7-16(8-11-39)40-24(42)12-15-3-6-20(31)25(33)26(15)40/h1-6,9,13-14,16H,7-8,10-12H2. The van der Waals surface area contributed by atoms with Crippen LogP contribution in [0.1, 0.15) is 34.5 Å². The van der Waals surface area contributed by atoms with E-state index >= 15 is 0 Å². The Kier molecular flexibility index (Phi) is 7.15. The molecule has 0 unspecified atom stereocenters. The van der Waals surface area contributed by atoms with Crippen LogP contribution in [-0.2, 0) is 17.4 Å². The lowest BCUT2D eigenvalue weighted by atomic mass is 10.0. The van der Waals surface area contributed by atoms with Gasteiger partial charge in [0, 0.05) is 37.0 Å². The lowest BCUT2D eigenvalue weighted by molar-refractivity contribution is -0.140. The highest BCUT2D eigenvalue weighted by Gasteiger charge is 2.39. The molecule has 43 heavy (non-hydrogen) atoms. The Morgan fingerprint density at radius 1 is 0.977 bits per heavy atom. The highest BCUT2D eigenvalue weighted by atomic mass is 35.5. The second-order valence-corrected chi connectivity index (χ2v) is 10.5. The van der Waals surface area contributed by atoms with Crippen molar-refractivity contribution in [3.63, 3.8) is 0 Å². The van der Waals surface area contributed by atoms with Crippen molar-refractivity contribution < 1.29 is 35.9 Å². The number of carbonyl (C=O) groups excluding carboxylic acids is 2.